The second-order valence-electron chi connectivity index (χ2n) is 6.80. The highest BCUT2D eigenvalue weighted by Gasteiger charge is 2.20. The van der Waals surface area contributed by atoms with E-state index in [9.17, 15) is 24.0 Å². The third kappa shape index (κ3) is 18.5. The second-order valence-corrected chi connectivity index (χ2v) is 10.4. The van der Waals surface area contributed by atoms with Gasteiger partial charge in [0.15, 0.2) is 17.3 Å². The number of rotatable bonds is 4. The fourth-order valence-electron chi connectivity index (χ4n) is 1.51. The first kappa shape index (κ1) is 30.7. The van der Waals surface area contributed by atoms with Crippen LogP contribution in [0.5, 0.6) is 0 Å². The maximum absolute atomic E-state index is 10.1. The highest BCUT2D eigenvalue weighted by molar-refractivity contribution is 6.82. The average molecular weight is 463 g/mol. The molecule has 0 atom stereocenters. The van der Waals surface area contributed by atoms with Crippen LogP contribution in [-0.4, -0.2) is 56.6 Å². The van der Waals surface area contributed by atoms with E-state index in [1.54, 1.807) is 18.3 Å². The molecule has 0 aliphatic rings. The van der Waals surface area contributed by atoms with Crippen molar-refractivity contribution in [1.82, 2.24) is 9.97 Å². The quantitative estimate of drug-likeness (QED) is 0.269. The number of aliphatic hydroxyl groups excluding tert-OH is 1. The van der Waals surface area contributed by atoms with Crippen LogP contribution < -0.4 is 5.32 Å². The molecule has 0 radical (unpaired) electrons. The zero-order valence-corrected chi connectivity index (χ0v) is 20.1. The van der Waals surface area contributed by atoms with Crippen LogP contribution in [0.4, 0.5) is 0 Å². The zero-order chi connectivity index (χ0) is 25.3. The predicted octanol–water partition coefficient (Wildman–Crippen LogP) is 2.47. The third-order valence-electron chi connectivity index (χ3n) is 3.08. The lowest BCUT2D eigenvalue weighted by Crippen LogP contribution is -2.43. The van der Waals surface area contributed by atoms with Crippen molar-refractivity contribution in [2.75, 3.05) is 0 Å². The number of aliphatic hydroxyl groups is 1. The molecule has 10 heteroatoms. The van der Waals surface area contributed by atoms with Crippen LogP contribution >= 0.6 is 0 Å². The first-order valence-corrected chi connectivity index (χ1v) is 12.3. The van der Waals surface area contributed by atoms with Gasteiger partial charge in [-0.15, -0.1) is 0 Å². The lowest BCUT2D eigenvalue weighted by Gasteiger charge is -2.11. The number of carboxylic acids is 1. The van der Waals surface area contributed by atoms with E-state index >= 15 is 0 Å². The molecular weight excluding hydrogens is 432 g/mol. The molecule has 0 spiro atoms. The van der Waals surface area contributed by atoms with Gasteiger partial charge in [0, 0.05) is 32.3 Å². The Morgan fingerprint density at radius 2 is 1.28 bits per heavy atom. The van der Waals surface area contributed by atoms with Crippen LogP contribution in [0.15, 0.2) is 60.6 Å². The second kappa shape index (κ2) is 16.2. The smallest absolute Gasteiger partial charge is 0.354 e. The first-order chi connectivity index (χ1) is 14.7. The van der Waals surface area contributed by atoms with Gasteiger partial charge in [-0.3, -0.25) is 19.4 Å². The zero-order valence-electron chi connectivity index (χ0n) is 19.1. The summed E-state index contributed by atoms with van der Waals surface area (Å²) in [5.41, 5.74) is 0.0810. The number of carbonyl (C=O) groups is 4. The van der Waals surface area contributed by atoms with E-state index in [4.69, 9.17) is 10.2 Å². The molecule has 2 aromatic heterocycles. The molecule has 32 heavy (non-hydrogen) atoms. The molecule has 2 rings (SSSR count). The summed E-state index contributed by atoms with van der Waals surface area (Å²) in [6.07, 6.45) is 4.32. The Hall–Kier alpha value is -3.50. The van der Waals surface area contributed by atoms with Crippen molar-refractivity contribution >= 4 is 37.0 Å². The largest absolute Gasteiger partial charge is 0.512 e. The topological polar surface area (TPSA) is 155 Å². The Labute approximate surface area is 188 Å². The normalized spacial score (nSPS) is 10.0. The molecule has 2 heterocycles. The van der Waals surface area contributed by atoms with Crippen molar-refractivity contribution in [3.63, 3.8) is 0 Å². The van der Waals surface area contributed by atoms with Gasteiger partial charge in [-0.2, -0.15) is 0 Å². The minimum atomic E-state index is -2.14. The van der Waals surface area contributed by atoms with Gasteiger partial charge in [0.05, 0.1) is 11.1 Å². The summed E-state index contributed by atoms with van der Waals surface area (Å²) in [5, 5.41) is 17.5. The van der Waals surface area contributed by atoms with E-state index in [0.29, 0.717) is 0 Å². The SMILES string of the molecule is CC(=O)/C=C(/C)O.CC(=O)C(C)=O.C[Si](C)(O)c1ccccn1.O=C(O)c1ccccn1. The van der Waals surface area contributed by atoms with Crippen LogP contribution in [-0.2, 0) is 14.4 Å². The van der Waals surface area contributed by atoms with Gasteiger partial charge in [0.1, 0.15) is 5.69 Å². The van der Waals surface area contributed by atoms with Gasteiger partial charge in [0.2, 0.25) is 8.32 Å². The number of carbonyl (C=O) groups excluding carboxylic acids is 3. The molecule has 0 saturated heterocycles. The molecule has 0 aromatic carbocycles. The number of hydrogen-bond donors (Lipinski definition) is 3. The molecule has 0 saturated carbocycles. The minimum absolute atomic E-state index is 0.0625. The maximum atomic E-state index is 10.1. The Bertz CT molecular complexity index is 878. The van der Waals surface area contributed by atoms with Gasteiger partial charge < -0.3 is 15.0 Å². The van der Waals surface area contributed by atoms with Gasteiger partial charge in [-0.05, 0) is 51.2 Å². The first-order valence-electron chi connectivity index (χ1n) is 9.36. The monoisotopic (exact) mass is 462 g/mol. The lowest BCUT2D eigenvalue weighted by atomic mass is 10.3. The number of Topliss-reactive ketones (excluding diaryl/α,β-unsaturated/α-hetero) is 2. The number of allylic oxidation sites excluding steroid dienone is 2. The summed E-state index contributed by atoms with van der Waals surface area (Å²) in [5.74, 6) is -1.81. The number of pyridine rings is 2. The van der Waals surface area contributed by atoms with E-state index < -0.39 is 14.3 Å². The van der Waals surface area contributed by atoms with Crippen LogP contribution in [0.2, 0.25) is 13.1 Å². The fraction of sp³-hybridized carbons (Fsp3) is 0.273. The van der Waals surface area contributed by atoms with E-state index in [-0.39, 0.29) is 28.8 Å². The molecule has 2 aromatic rings. The Kier molecular flexibility index (Phi) is 15.6. The highest BCUT2D eigenvalue weighted by atomic mass is 28.4. The van der Waals surface area contributed by atoms with Gasteiger partial charge in [-0.25, -0.2) is 9.78 Å². The van der Waals surface area contributed by atoms with Gasteiger partial charge in [-0.1, -0.05) is 12.1 Å². The number of aromatic carboxylic acids is 1. The molecule has 0 bridgehead atoms. The predicted molar refractivity (Wildman–Crippen MR) is 123 cm³/mol. The van der Waals surface area contributed by atoms with Crippen molar-refractivity contribution in [2.45, 2.75) is 40.8 Å². The highest BCUT2D eigenvalue weighted by Crippen LogP contribution is 1.93. The van der Waals surface area contributed by atoms with E-state index in [0.717, 1.165) is 5.32 Å². The number of aromatic nitrogens is 2. The fourth-order valence-corrected chi connectivity index (χ4v) is 2.40. The molecule has 0 fully saturated rings. The van der Waals surface area contributed by atoms with Crippen LogP contribution in [0, 0.1) is 0 Å². The summed E-state index contributed by atoms with van der Waals surface area (Å²) in [7, 11) is -2.14. The Balaban J connectivity index is 0. The molecule has 9 nitrogen and oxygen atoms in total. The van der Waals surface area contributed by atoms with E-state index in [2.05, 4.69) is 9.97 Å². The van der Waals surface area contributed by atoms with Gasteiger partial charge >= 0.3 is 5.97 Å². The average Bonchev–Trinajstić information content (AvgIpc) is 2.69. The van der Waals surface area contributed by atoms with E-state index in [1.807, 2.05) is 31.3 Å². The van der Waals surface area contributed by atoms with E-state index in [1.165, 1.54) is 46.0 Å². The van der Waals surface area contributed by atoms with Crippen molar-refractivity contribution in [3.8, 4) is 0 Å². The van der Waals surface area contributed by atoms with Crippen LogP contribution in [0.3, 0.4) is 0 Å². The molecular formula is C22H30N2O7Si. The lowest BCUT2D eigenvalue weighted by molar-refractivity contribution is -0.134. The molecule has 0 unspecified atom stereocenters. The Morgan fingerprint density at radius 3 is 1.44 bits per heavy atom. The van der Waals surface area contributed by atoms with Crippen LogP contribution in [0.25, 0.3) is 0 Å². The van der Waals surface area contributed by atoms with Crippen molar-refractivity contribution in [3.05, 3.63) is 66.3 Å². The number of nitrogens with zero attached hydrogens (tertiary/aromatic N) is 2. The molecule has 0 amide bonds. The summed E-state index contributed by atoms with van der Waals surface area (Å²) in [6, 6.07) is 10.4. The summed E-state index contributed by atoms with van der Waals surface area (Å²) >= 11 is 0. The summed E-state index contributed by atoms with van der Waals surface area (Å²) in [4.78, 5) is 56.9. The molecule has 3 N–H and O–H groups in total. The number of ketones is 3. The number of carboxylic acid groups (broad SMARTS) is 1. The summed E-state index contributed by atoms with van der Waals surface area (Å²) in [6.45, 7) is 9.07. The van der Waals surface area contributed by atoms with Gasteiger partial charge in [0.25, 0.3) is 0 Å². The van der Waals surface area contributed by atoms with Crippen molar-refractivity contribution in [1.29, 1.82) is 0 Å². The molecule has 0 aliphatic carbocycles. The van der Waals surface area contributed by atoms with Crippen molar-refractivity contribution in [2.24, 2.45) is 0 Å². The third-order valence-corrected chi connectivity index (χ3v) is 4.63. The standard InChI is InChI=1S/C7H11NOSi.C6H5NO2.C5H8O2.C4H6O2/c1-10(2,9)7-5-3-4-6-8-7;8-6(9)5-3-1-2-4-7-5;1-4(6)3-5(2)7;1-3(5)4(2)6/h3-6,9H,1-2H3;1-4H,(H,8,9);3,6H,1-2H3;1-2H3/b;;4-3-;. The minimum Gasteiger partial charge on any atom is -0.512 e. The number of hydrogen-bond acceptors (Lipinski definition) is 8. The molecule has 174 valence electrons. The Morgan fingerprint density at radius 1 is 0.812 bits per heavy atom. The summed E-state index contributed by atoms with van der Waals surface area (Å²) < 4.78 is 0. The van der Waals surface area contributed by atoms with Crippen LogP contribution in [0.1, 0.15) is 38.2 Å². The molecule has 0 aliphatic heterocycles. The maximum Gasteiger partial charge on any atom is 0.354 e. The van der Waals surface area contributed by atoms with Crippen molar-refractivity contribution < 1.29 is 34.2 Å².